The molecule has 0 saturated heterocycles. The molecule has 0 aromatic carbocycles. The molecule has 6 nitrogen and oxygen atoms in total. The summed E-state index contributed by atoms with van der Waals surface area (Å²) in [5.74, 6) is 1.35. The molecule has 1 aliphatic carbocycles. The molecule has 0 bridgehead atoms. The van der Waals surface area contributed by atoms with E-state index in [-0.39, 0.29) is 6.04 Å². The first-order valence-corrected chi connectivity index (χ1v) is 7.51. The number of aliphatic hydroxyl groups is 1. The topological polar surface area (TPSA) is 73.1 Å². The van der Waals surface area contributed by atoms with Crippen molar-refractivity contribution >= 4 is 11.2 Å². The number of aromatic nitrogens is 4. The molecule has 1 aliphatic rings. The second-order valence-corrected chi connectivity index (χ2v) is 6.64. The summed E-state index contributed by atoms with van der Waals surface area (Å²) in [5, 5.41) is 18.2. The summed E-state index contributed by atoms with van der Waals surface area (Å²) in [6, 6.07) is 2.06. The second kappa shape index (κ2) is 5.26. The molecular formula is C15H22N4O2. The van der Waals surface area contributed by atoms with Crippen molar-refractivity contribution in [1.82, 2.24) is 20.0 Å². The van der Waals surface area contributed by atoms with Crippen LogP contribution in [0.3, 0.4) is 0 Å². The molecule has 2 aromatic heterocycles. The zero-order valence-electron chi connectivity index (χ0n) is 12.8. The molecule has 6 heteroatoms. The van der Waals surface area contributed by atoms with Crippen molar-refractivity contribution in [2.75, 3.05) is 6.61 Å². The molecule has 0 aliphatic heterocycles. The van der Waals surface area contributed by atoms with E-state index in [2.05, 4.69) is 29.1 Å². The lowest BCUT2D eigenvalue weighted by Crippen LogP contribution is -2.42. The first-order chi connectivity index (χ1) is 9.94. The average Bonchev–Trinajstić information content (AvgIpc) is 2.78. The van der Waals surface area contributed by atoms with Gasteiger partial charge in [-0.25, -0.2) is 9.67 Å². The number of rotatable bonds is 5. The van der Waals surface area contributed by atoms with Gasteiger partial charge in [-0.15, -0.1) is 5.10 Å². The van der Waals surface area contributed by atoms with Crippen molar-refractivity contribution in [2.45, 2.75) is 51.7 Å². The minimum atomic E-state index is -0.581. The van der Waals surface area contributed by atoms with Crippen molar-refractivity contribution < 1.29 is 9.84 Å². The number of hydrogen-bond acceptors (Lipinski definition) is 5. The average molecular weight is 290 g/mol. The maximum absolute atomic E-state index is 9.84. The predicted molar refractivity (Wildman–Crippen MR) is 79.2 cm³/mol. The van der Waals surface area contributed by atoms with E-state index >= 15 is 0 Å². The highest BCUT2D eigenvalue weighted by Crippen LogP contribution is 2.41. The van der Waals surface area contributed by atoms with Crippen molar-refractivity contribution in [3.8, 4) is 5.75 Å². The lowest BCUT2D eigenvalue weighted by atomic mass is 9.77. The predicted octanol–water partition coefficient (Wildman–Crippen LogP) is 2.34. The Labute approximate surface area is 124 Å². The number of nitrogens with zero attached hydrogens (tertiary/aromatic N) is 4. The molecule has 0 unspecified atom stereocenters. The van der Waals surface area contributed by atoms with Crippen molar-refractivity contribution in [3.05, 3.63) is 12.3 Å². The minimum Gasteiger partial charge on any atom is -0.492 e. The highest BCUT2D eigenvalue weighted by Gasteiger charge is 2.40. The monoisotopic (exact) mass is 290 g/mol. The quantitative estimate of drug-likeness (QED) is 0.915. The number of fused-ring (bicyclic) bond motifs is 1. The van der Waals surface area contributed by atoms with Crippen LogP contribution in [0.4, 0.5) is 0 Å². The molecule has 0 spiro atoms. The largest absolute Gasteiger partial charge is 0.492 e. The van der Waals surface area contributed by atoms with E-state index in [0.29, 0.717) is 25.4 Å². The standard InChI is InChI=1S/C15H22N4O2/c1-10(2)4-5-21-12-6-13-14(16-9-12)19(18-17-13)11-7-15(3,20)8-11/h6,9-11,20H,4-5,7-8H2,1-3H3/t11-,15-. The zero-order valence-corrected chi connectivity index (χ0v) is 12.8. The van der Waals surface area contributed by atoms with E-state index < -0.39 is 5.60 Å². The lowest BCUT2D eigenvalue weighted by molar-refractivity contribution is -0.0536. The highest BCUT2D eigenvalue weighted by molar-refractivity contribution is 5.71. The fraction of sp³-hybridized carbons (Fsp3) is 0.667. The van der Waals surface area contributed by atoms with E-state index in [1.807, 2.05) is 17.7 Å². The second-order valence-electron chi connectivity index (χ2n) is 6.64. The van der Waals surface area contributed by atoms with Gasteiger partial charge < -0.3 is 9.84 Å². The smallest absolute Gasteiger partial charge is 0.178 e. The Balaban J connectivity index is 1.72. The molecule has 0 radical (unpaired) electrons. The molecule has 1 saturated carbocycles. The summed E-state index contributed by atoms with van der Waals surface area (Å²) in [4.78, 5) is 4.42. The van der Waals surface area contributed by atoms with Gasteiger partial charge in [0.2, 0.25) is 0 Å². The van der Waals surface area contributed by atoms with Gasteiger partial charge in [0.05, 0.1) is 24.4 Å². The van der Waals surface area contributed by atoms with E-state index in [4.69, 9.17) is 4.74 Å². The molecule has 2 heterocycles. The third-order valence-electron chi connectivity index (χ3n) is 3.95. The minimum absolute atomic E-state index is 0.185. The van der Waals surface area contributed by atoms with E-state index in [1.165, 1.54) is 0 Å². The maximum Gasteiger partial charge on any atom is 0.178 e. The summed E-state index contributed by atoms with van der Waals surface area (Å²) >= 11 is 0. The molecule has 2 aromatic rings. The van der Waals surface area contributed by atoms with E-state index in [0.717, 1.165) is 23.3 Å². The zero-order chi connectivity index (χ0) is 15.0. The third-order valence-corrected chi connectivity index (χ3v) is 3.95. The highest BCUT2D eigenvalue weighted by atomic mass is 16.5. The van der Waals surface area contributed by atoms with Crippen LogP contribution >= 0.6 is 0 Å². The molecule has 1 N–H and O–H groups in total. The SMILES string of the molecule is CC(C)CCOc1cnc2c(c1)nnn2[C@H]1C[C@](C)(O)C1. The summed E-state index contributed by atoms with van der Waals surface area (Å²) in [5.41, 5.74) is 0.915. The molecule has 0 atom stereocenters. The van der Waals surface area contributed by atoms with Crippen LogP contribution in [0.2, 0.25) is 0 Å². The van der Waals surface area contributed by atoms with Crippen molar-refractivity contribution in [3.63, 3.8) is 0 Å². The van der Waals surface area contributed by atoms with Crippen LogP contribution in [0.1, 0.15) is 46.1 Å². The Morgan fingerprint density at radius 1 is 1.48 bits per heavy atom. The Morgan fingerprint density at radius 2 is 2.24 bits per heavy atom. The molecule has 0 amide bonds. The Kier molecular flexibility index (Phi) is 3.57. The Hall–Kier alpha value is -1.69. The number of pyridine rings is 1. The molecule has 21 heavy (non-hydrogen) atoms. The molecule has 1 fully saturated rings. The fourth-order valence-electron chi connectivity index (χ4n) is 2.68. The van der Waals surface area contributed by atoms with Gasteiger partial charge in [0, 0.05) is 6.07 Å². The lowest BCUT2D eigenvalue weighted by Gasteiger charge is -2.40. The van der Waals surface area contributed by atoms with Crippen LogP contribution in [0.25, 0.3) is 11.2 Å². The molecular weight excluding hydrogens is 268 g/mol. The van der Waals surface area contributed by atoms with Crippen LogP contribution < -0.4 is 4.74 Å². The fourth-order valence-corrected chi connectivity index (χ4v) is 2.68. The summed E-state index contributed by atoms with van der Waals surface area (Å²) in [6.45, 7) is 6.87. The normalized spacial score (nSPS) is 25.3. The Bertz CT molecular complexity index is 628. The van der Waals surface area contributed by atoms with Crippen LogP contribution in [0, 0.1) is 5.92 Å². The van der Waals surface area contributed by atoms with Gasteiger partial charge >= 0.3 is 0 Å². The molecule has 114 valence electrons. The van der Waals surface area contributed by atoms with Gasteiger partial charge in [-0.1, -0.05) is 19.1 Å². The summed E-state index contributed by atoms with van der Waals surface area (Å²) in [6.07, 6.45) is 4.13. The van der Waals surface area contributed by atoms with Gasteiger partial charge in [0.15, 0.2) is 5.65 Å². The number of hydrogen-bond donors (Lipinski definition) is 1. The van der Waals surface area contributed by atoms with Gasteiger partial charge in [0.1, 0.15) is 11.3 Å². The van der Waals surface area contributed by atoms with Crippen molar-refractivity contribution in [1.29, 1.82) is 0 Å². The van der Waals surface area contributed by atoms with Crippen LogP contribution in [0.5, 0.6) is 5.75 Å². The van der Waals surface area contributed by atoms with E-state index in [9.17, 15) is 5.11 Å². The summed E-state index contributed by atoms with van der Waals surface area (Å²) in [7, 11) is 0. The Morgan fingerprint density at radius 3 is 2.90 bits per heavy atom. The van der Waals surface area contributed by atoms with Gasteiger partial charge in [0.25, 0.3) is 0 Å². The molecule has 3 rings (SSSR count). The first-order valence-electron chi connectivity index (χ1n) is 7.51. The van der Waals surface area contributed by atoms with Gasteiger partial charge in [-0.05, 0) is 32.1 Å². The van der Waals surface area contributed by atoms with Crippen LogP contribution in [-0.2, 0) is 0 Å². The van der Waals surface area contributed by atoms with E-state index in [1.54, 1.807) is 6.20 Å². The number of ether oxygens (including phenoxy) is 1. The van der Waals surface area contributed by atoms with Gasteiger partial charge in [-0.3, -0.25) is 0 Å². The van der Waals surface area contributed by atoms with Crippen LogP contribution in [0.15, 0.2) is 12.3 Å². The van der Waals surface area contributed by atoms with Crippen LogP contribution in [-0.4, -0.2) is 37.3 Å². The van der Waals surface area contributed by atoms with Gasteiger partial charge in [-0.2, -0.15) is 0 Å². The maximum atomic E-state index is 9.84. The van der Waals surface area contributed by atoms with Crippen molar-refractivity contribution in [2.24, 2.45) is 5.92 Å². The summed E-state index contributed by atoms with van der Waals surface area (Å²) < 4.78 is 7.50. The first kappa shape index (κ1) is 14.3. The third kappa shape index (κ3) is 3.00.